The zero-order valence-electron chi connectivity index (χ0n) is 19.4. The molecule has 0 aromatic heterocycles. The minimum atomic E-state index is -0.699. The van der Waals surface area contributed by atoms with E-state index in [0.29, 0.717) is 43.3 Å². The van der Waals surface area contributed by atoms with Crippen LogP contribution in [0.1, 0.15) is 66.2 Å². The Morgan fingerprint density at radius 1 is 0.935 bits per heavy atom. The first-order chi connectivity index (χ1) is 14.7. The molecule has 31 heavy (non-hydrogen) atoms. The maximum Gasteiger partial charge on any atom is 0.352 e. The third kappa shape index (κ3) is 15.9. The Bertz CT molecular complexity index is 625. The standard InChI is InChI=1S/C21H40N6O4/c1-5-30-21(29)19(11-7-9-13-26-17(4)23)27-15(2)14-31-20(28)18(24)10-6-8-12-25-16(3)22/h15,18H,5-14,24H2,1-4H3,(H2,22,25)(H2,23,26). The Morgan fingerprint density at radius 3 is 2.06 bits per heavy atom. The van der Waals surface area contributed by atoms with Crippen LogP contribution >= 0.6 is 0 Å². The predicted octanol–water partition coefficient (Wildman–Crippen LogP) is 1.34. The highest BCUT2D eigenvalue weighted by Crippen LogP contribution is 2.06. The van der Waals surface area contributed by atoms with Gasteiger partial charge in [-0.25, -0.2) is 4.79 Å². The molecule has 0 fully saturated rings. The lowest BCUT2D eigenvalue weighted by Crippen LogP contribution is -2.33. The van der Waals surface area contributed by atoms with Crippen molar-refractivity contribution in [3.63, 3.8) is 0 Å². The van der Waals surface area contributed by atoms with E-state index < -0.39 is 18.0 Å². The first-order valence-electron chi connectivity index (χ1n) is 10.9. The molecule has 0 radical (unpaired) electrons. The molecule has 0 aliphatic heterocycles. The monoisotopic (exact) mass is 440 g/mol. The molecule has 10 heteroatoms. The summed E-state index contributed by atoms with van der Waals surface area (Å²) >= 11 is 0. The van der Waals surface area contributed by atoms with Crippen LogP contribution in [0.2, 0.25) is 0 Å². The van der Waals surface area contributed by atoms with E-state index in [1.54, 1.807) is 27.7 Å². The summed E-state index contributed by atoms with van der Waals surface area (Å²) in [7, 11) is 0. The van der Waals surface area contributed by atoms with Gasteiger partial charge in [-0.05, 0) is 66.2 Å². The van der Waals surface area contributed by atoms with Gasteiger partial charge in [0.05, 0.1) is 24.3 Å². The molecule has 178 valence electrons. The first-order valence-corrected chi connectivity index (χ1v) is 10.9. The summed E-state index contributed by atoms with van der Waals surface area (Å²) in [4.78, 5) is 36.9. The number of aliphatic imine (C=N–C) groups is 3. The minimum absolute atomic E-state index is 0.0444. The second-order valence-corrected chi connectivity index (χ2v) is 7.38. The van der Waals surface area contributed by atoms with Crippen LogP contribution in [0.5, 0.6) is 0 Å². The van der Waals surface area contributed by atoms with Gasteiger partial charge in [0, 0.05) is 13.1 Å². The number of carbonyl (C=O) groups excluding carboxylic acids is 2. The number of amidine groups is 2. The molecule has 10 nitrogen and oxygen atoms in total. The smallest absolute Gasteiger partial charge is 0.352 e. The molecule has 0 spiro atoms. The Balaban J connectivity index is 4.52. The van der Waals surface area contributed by atoms with E-state index in [-0.39, 0.29) is 19.3 Å². The maximum absolute atomic E-state index is 12.2. The summed E-state index contributed by atoms with van der Waals surface area (Å²) in [6, 6.07) is -1.09. The largest absolute Gasteiger partial charge is 0.462 e. The second-order valence-electron chi connectivity index (χ2n) is 7.38. The summed E-state index contributed by atoms with van der Waals surface area (Å²) in [5, 5.41) is 0. The minimum Gasteiger partial charge on any atom is -0.462 e. The van der Waals surface area contributed by atoms with Gasteiger partial charge in [-0.2, -0.15) is 0 Å². The van der Waals surface area contributed by atoms with Gasteiger partial charge in [-0.3, -0.25) is 19.8 Å². The number of nitrogens with zero attached hydrogens (tertiary/aromatic N) is 3. The third-order valence-corrected chi connectivity index (χ3v) is 4.12. The highest BCUT2D eigenvalue weighted by molar-refractivity contribution is 6.36. The normalized spacial score (nSPS) is 14.8. The molecule has 0 saturated carbocycles. The van der Waals surface area contributed by atoms with Crippen molar-refractivity contribution in [2.75, 3.05) is 26.3 Å². The van der Waals surface area contributed by atoms with E-state index in [1.807, 2.05) is 0 Å². The quantitative estimate of drug-likeness (QED) is 0.141. The summed E-state index contributed by atoms with van der Waals surface area (Å²) < 4.78 is 10.3. The number of hydrogen-bond donors (Lipinski definition) is 3. The number of esters is 2. The van der Waals surface area contributed by atoms with Crippen molar-refractivity contribution >= 4 is 29.3 Å². The number of unbranched alkanes of at least 4 members (excludes halogenated alkanes) is 2. The predicted molar refractivity (Wildman–Crippen MR) is 124 cm³/mol. The van der Waals surface area contributed by atoms with Crippen LogP contribution in [0.15, 0.2) is 15.0 Å². The van der Waals surface area contributed by atoms with E-state index in [9.17, 15) is 9.59 Å². The number of ether oxygens (including phenoxy) is 2. The lowest BCUT2D eigenvalue weighted by Gasteiger charge is -2.14. The van der Waals surface area contributed by atoms with Crippen molar-refractivity contribution in [1.29, 1.82) is 0 Å². The van der Waals surface area contributed by atoms with E-state index in [1.165, 1.54) is 0 Å². The van der Waals surface area contributed by atoms with Gasteiger partial charge in [0.15, 0.2) is 0 Å². The molecular weight excluding hydrogens is 400 g/mol. The average Bonchev–Trinajstić information content (AvgIpc) is 2.70. The van der Waals surface area contributed by atoms with Gasteiger partial charge in [0.2, 0.25) is 0 Å². The molecule has 0 heterocycles. The fraction of sp³-hybridized carbons (Fsp3) is 0.762. The van der Waals surface area contributed by atoms with Crippen molar-refractivity contribution in [2.45, 2.75) is 78.3 Å². The first kappa shape index (κ1) is 28.5. The van der Waals surface area contributed by atoms with Gasteiger partial charge >= 0.3 is 11.9 Å². The Morgan fingerprint density at radius 2 is 1.52 bits per heavy atom. The zero-order chi connectivity index (χ0) is 23.6. The lowest BCUT2D eigenvalue weighted by molar-refractivity contribution is -0.145. The van der Waals surface area contributed by atoms with Crippen LogP contribution in [0.3, 0.4) is 0 Å². The van der Waals surface area contributed by atoms with Crippen LogP contribution in [-0.2, 0) is 19.1 Å². The molecule has 0 saturated heterocycles. The van der Waals surface area contributed by atoms with Crippen LogP contribution in [0, 0.1) is 0 Å². The van der Waals surface area contributed by atoms with Crippen LogP contribution in [-0.4, -0.2) is 67.7 Å². The highest BCUT2D eigenvalue weighted by Gasteiger charge is 2.18. The van der Waals surface area contributed by atoms with Crippen molar-refractivity contribution in [3.8, 4) is 0 Å². The van der Waals surface area contributed by atoms with E-state index in [2.05, 4.69) is 15.0 Å². The van der Waals surface area contributed by atoms with Gasteiger partial charge in [0.25, 0.3) is 0 Å². The molecule has 0 aromatic rings. The molecule has 0 aliphatic rings. The molecule has 0 aromatic carbocycles. The number of hydrogen-bond acceptors (Lipinski definition) is 8. The van der Waals surface area contributed by atoms with E-state index in [4.69, 9.17) is 26.7 Å². The van der Waals surface area contributed by atoms with Crippen LogP contribution in [0.4, 0.5) is 0 Å². The van der Waals surface area contributed by atoms with Gasteiger partial charge in [0.1, 0.15) is 18.4 Å². The summed E-state index contributed by atoms with van der Waals surface area (Å²) in [6.45, 7) is 8.50. The Kier molecular flexibility index (Phi) is 15.8. The molecule has 0 amide bonds. The summed E-state index contributed by atoms with van der Waals surface area (Å²) in [6.07, 6.45) is 4.02. The fourth-order valence-corrected chi connectivity index (χ4v) is 2.56. The Hall–Kier alpha value is -2.49. The molecule has 0 rings (SSSR count). The van der Waals surface area contributed by atoms with Gasteiger partial charge in [-0.1, -0.05) is 0 Å². The second kappa shape index (κ2) is 17.2. The molecular formula is C21H40N6O4. The molecule has 0 aliphatic carbocycles. The summed E-state index contributed by atoms with van der Waals surface area (Å²) in [5.74, 6) is 0.145. The third-order valence-electron chi connectivity index (χ3n) is 4.12. The van der Waals surface area contributed by atoms with Crippen molar-refractivity contribution in [3.05, 3.63) is 0 Å². The zero-order valence-corrected chi connectivity index (χ0v) is 19.4. The highest BCUT2D eigenvalue weighted by atomic mass is 16.5. The van der Waals surface area contributed by atoms with Crippen LogP contribution in [0.25, 0.3) is 0 Å². The summed E-state index contributed by atoms with van der Waals surface area (Å²) in [5.41, 5.74) is 17.2. The maximum atomic E-state index is 12.2. The molecule has 2 unspecified atom stereocenters. The topological polar surface area (TPSA) is 168 Å². The number of carbonyl (C=O) groups is 2. The van der Waals surface area contributed by atoms with Crippen LogP contribution < -0.4 is 17.2 Å². The number of nitrogens with two attached hydrogens (primary N) is 3. The lowest BCUT2D eigenvalue weighted by atomic mass is 10.1. The molecule has 6 N–H and O–H groups in total. The van der Waals surface area contributed by atoms with E-state index in [0.717, 1.165) is 25.7 Å². The van der Waals surface area contributed by atoms with Crippen molar-refractivity contribution < 1.29 is 19.1 Å². The van der Waals surface area contributed by atoms with Gasteiger partial charge in [-0.15, -0.1) is 0 Å². The van der Waals surface area contributed by atoms with E-state index >= 15 is 0 Å². The SMILES string of the molecule is CCOC(=O)C(CCCCN=C(C)N)=NC(C)COC(=O)C(N)CCCCN=C(C)N. The average molecular weight is 441 g/mol. The van der Waals surface area contributed by atoms with Crippen molar-refractivity contribution in [1.82, 2.24) is 0 Å². The fourth-order valence-electron chi connectivity index (χ4n) is 2.56. The molecule has 2 atom stereocenters. The Labute approximate surface area is 185 Å². The van der Waals surface area contributed by atoms with Crippen molar-refractivity contribution in [2.24, 2.45) is 32.2 Å². The van der Waals surface area contributed by atoms with Gasteiger partial charge < -0.3 is 26.7 Å². The number of rotatable bonds is 16. The molecule has 0 bridgehead atoms.